The molecule has 2 aromatic rings. The monoisotopic (exact) mass is 349 g/mol. The van der Waals surface area contributed by atoms with Crippen LogP contribution in [-0.2, 0) is 12.1 Å². The second kappa shape index (κ2) is 7.23. The van der Waals surface area contributed by atoms with Gasteiger partial charge in [0.1, 0.15) is 11.6 Å². The topological polar surface area (TPSA) is 57.5 Å². The smallest absolute Gasteiger partial charge is 0.317 e. The molecule has 1 aromatic heterocycles. The second-order valence-electron chi connectivity index (χ2n) is 6.27. The van der Waals surface area contributed by atoms with Crippen molar-refractivity contribution in [3.8, 4) is 0 Å². The van der Waals surface area contributed by atoms with Crippen molar-refractivity contribution in [1.29, 1.82) is 0 Å². The van der Waals surface area contributed by atoms with Crippen LogP contribution < -0.4 is 5.32 Å². The van der Waals surface area contributed by atoms with Gasteiger partial charge in [-0.15, -0.1) is 0 Å². The molecule has 5 nitrogen and oxygen atoms in total. The third kappa shape index (κ3) is 3.82. The van der Waals surface area contributed by atoms with Gasteiger partial charge in [0.05, 0.1) is 11.2 Å². The van der Waals surface area contributed by atoms with Crippen molar-refractivity contribution < 1.29 is 18.7 Å². The summed E-state index contributed by atoms with van der Waals surface area (Å²) < 4.78 is 29.8. The van der Waals surface area contributed by atoms with Gasteiger partial charge in [-0.05, 0) is 37.1 Å². The molecule has 3 rings (SSSR count). The molecule has 0 unspecified atom stereocenters. The number of aliphatic hydroxyl groups is 1. The Morgan fingerprint density at radius 1 is 1.12 bits per heavy atom. The van der Waals surface area contributed by atoms with Crippen LogP contribution in [0.25, 0.3) is 0 Å². The van der Waals surface area contributed by atoms with E-state index in [0.29, 0.717) is 13.1 Å². The Morgan fingerprint density at radius 3 is 2.32 bits per heavy atom. The lowest BCUT2D eigenvalue weighted by molar-refractivity contribution is -0.0223. The molecule has 1 aliphatic rings. The van der Waals surface area contributed by atoms with E-state index in [-0.39, 0.29) is 37.5 Å². The fourth-order valence-corrected chi connectivity index (χ4v) is 3.20. The highest BCUT2D eigenvalue weighted by atomic mass is 19.1. The van der Waals surface area contributed by atoms with Gasteiger partial charge in [-0.25, -0.2) is 13.6 Å². The van der Waals surface area contributed by atoms with Gasteiger partial charge in [-0.3, -0.25) is 0 Å². The molecule has 0 bridgehead atoms. The molecule has 0 aliphatic carbocycles. The Balaban J connectivity index is 1.55. The van der Waals surface area contributed by atoms with Gasteiger partial charge in [-0.1, -0.05) is 6.07 Å². The third-order valence-electron chi connectivity index (χ3n) is 4.62. The van der Waals surface area contributed by atoms with Crippen molar-refractivity contribution >= 4 is 6.03 Å². The van der Waals surface area contributed by atoms with Crippen LogP contribution in [0.15, 0.2) is 42.7 Å². The van der Waals surface area contributed by atoms with Gasteiger partial charge in [0, 0.05) is 38.6 Å². The number of halogens is 2. The third-order valence-corrected chi connectivity index (χ3v) is 4.62. The number of benzene rings is 1. The van der Waals surface area contributed by atoms with E-state index in [9.17, 15) is 18.7 Å². The van der Waals surface area contributed by atoms with Crippen LogP contribution in [0.3, 0.4) is 0 Å². The molecule has 0 spiro atoms. The standard InChI is InChI=1S/C18H21F2N3O2/c19-14-4-3-5-15(20)16(14)18(25)6-11-23(12-7-18)17(24)21-8-13-22-9-1-2-10-22/h1-5,9-10,25H,6-8,11-13H2,(H,21,24). The van der Waals surface area contributed by atoms with Crippen molar-refractivity contribution in [2.45, 2.75) is 25.0 Å². The number of carbonyl (C=O) groups is 1. The highest BCUT2D eigenvalue weighted by Gasteiger charge is 2.39. The minimum Gasteiger partial charge on any atom is -0.385 e. The summed E-state index contributed by atoms with van der Waals surface area (Å²) in [4.78, 5) is 13.7. The number of hydrogen-bond donors (Lipinski definition) is 2. The van der Waals surface area contributed by atoms with Gasteiger partial charge in [0.15, 0.2) is 0 Å². The van der Waals surface area contributed by atoms with E-state index < -0.39 is 17.2 Å². The maximum atomic E-state index is 13.9. The van der Waals surface area contributed by atoms with Crippen molar-refractivity contribution in [2.75, 3.05) is 19.6 Å². The first-order valence-corrected chi connectivity index (χ1v) is 8.30. The molecule has 1 fully saturated rings. The molecule has 1 aromatic carbocycles. The Labute approximate surface area is 144 Å². The van der Waals surface area contributed by atoms with Crippen molar-refractivity contribution in [3.63, 3.8) is 0 Å². The Hall–Kier alpha value is -2.41. The van der Waals surface area contributed by atoms with Crippen LogP contribution >= 0.6 is 0 Å². The molecular weight excluding hydrogens is 328 g/mol. The predicted octanol–water partition coefficient (Wildman–Crippen LogP) is 2.46. The first-order chi connectivity index (χ1) is 12.0. The zero-order chi connectivity index (χ0) is 17.9. The van der Waals surface area contributed by atoms with E-state index in [1.165, 1.54) is 6.07 Å². The zero-order valence-corrected chi connectivity index (χ0v) is 13.8. The first-order valence-electron chi connectivity index (χ1n) is 8.30. The molecule has 0 radical (unpaired) electrons. The SMILES string of the molecule is O=C(NCCn1cccc1)N1CCC(O)(c2c(F)cccc2F)CC1. The molecule has 7 heteroatoms. The largest absolute Gasteiger partial charge is 0.385 e. The number of nitrogens with one attached hydrogen (secondary N) is 1. The lowest BCUT2D eigenvalue weighted by Crippen LogP contribution is -2.49. The Bertz CT molecular complexity index is 706. The number of amides is 2. The van der Waals surface area contributed by atoms with Gasteiger partial charge in [0.25, 0.3) is 0 Å². The van der Waals surface area contributed by atoms with Gasteiger partial charge >= 0.3 is 6.03 Å². The van der Waals surface area contributed by atoms with E-state index in [4.69, 9.17) is 0 Å². The summed E-state index contributed by atoms with van der Waals surface area (Å²) in [7, 11) is 0. The highest BCUT2D eigenvalue weighted by molar-refractivity contribution is 5.74. The number of nitrogens with zero attached hydrogens (tertiary/aromatic N) is 2. The van der Waals surface area contributed by atoms with Crippen LogP contribution in [0.4, 0.5) is 13.6 Å². The summed E-state index contributed by atoms with van der Waals surface area (Å²) in [6.07, 6.45) is 4.01. The molecule has 1 saturated heterocycles. The molecule has 2 heterocycles. The van der Waals surface area contributed by atoms with Gasteiger partial charge in [0.2, 0.25) is 0 Å². The van der Waals surface area contributed by atoms with E-state index in [0.717, 1.165) is 12.1 Å². The molecule has 25 heavy (non-hydrogen) atoms. The average Bonchev–Trinajstić information content (AvgIpc) is 3.08. The second-order valence-corrected chi connectivity index (χ2v) is 6.27. The van der Waals surface area contributed by atoms with E-state index in [1.54, 1.807) is 4.90 Å². The number of likely N-dealkylation sites (tertiary alicyclic amines) is 1. The number of urea groups is 1. The molecule has 2 amide bonds. The lowest BCUT2D eigenvalue weighted by atomic mass is 9.84. The number of piperidine rings is 1. The number of aromatic nitrogens is 1. The van der Waals surface area contributed by atoms with Crippen LogP contribution in [-0.4, -0.2) is 40.2 Å². The van der Waals surface area contributed by atoms with Crippen molar-refractivity contribution in [3.05, 3.63) is 59.9 Å². The fraction of sp³-hybridized carbons (Fsp3) is 0.389. The predicted molar refractivity (Wildman–Crippen MR) is 88.9 cm³/mol. The normalized spacial score (nSPS) is 16.7. The van der Waals surface area contributed by atoms with Crippen LogP contribution in [0.5, 0.6) is 0 Å². The van der Waals surface area contributed by atoms with Crippen LogP contribution in [0.1, 0.15) is 18.4 Å². The average molecular weight is 349 g/mol. The molecule has 2 N–H and O–H groups in total. The Kier molecular flexibility index (Phi) is 5.03. The molecule has 134 valence electrons. The minimum absolute atomic E-state index is 0.0931. The molecule has 0 saturated carbocycles. The van der Waals surface area contributed by atoms with Crippen LogP contribution in [0.2, 0.25) is 0 Å². The fourth-order valence-electron chi connectivity index (χ4n) is 3.20. The van der Waals surface area contributed by atoms with E-state index in [1.807, 2.05) is 29.1 Å². The van der Waals surface area contributed by atoms with Gasteiger partial charge in [-0.2, -0.15) is 0 Å². The summed E-state index contributed by atoms with van der Waals surface area (Å²) >= 11 is 0. The van der Waals surface area contributed by atoms with E-state index >= 15 is 0 Å². The Morgan fingerprint density at radius 2 is 1.72 bits per heavy atom. The number of hydrogen-bond acceptors (Lipinski definition) is 2. The summed E-state index contributed by atoms with van der Waals surface area (Å²) in [6.45, 7) is 1.62. The summed E-state index contributed by atoms with van der Waals surface area (Å²) in [5, 5.41) is 13.5. The van der Waals surface area contributed by atoms with E-state index in [2.05, 4.69) is 5.32 Å². The number of carbonyl (C=O) groups excluding carboxylic acids is 1. The molecule has 0 atom stereocenters. The van der Waals surface area contributed by atoms with Crippen LogP contribution in [0, 0.1) is 11.6 Å². The highest BCUT2D eigenvalue weighted by Crippen LogP contribution is 2.35. The summed E-state index contributed by atoms with van der Waals surface area (Å²) in [5.74, 6) is -1.51. The first kappa shape index (κ1) is 17.4. The summed E-state index contributed by atoms with van der Waals surface area (Å²) in [6, 6.07) is 7.13. The molecular formula is C18H21F2N3O2. The van der Waals surface area contributed by atoms with Gasteiger partial charge < -0.3 is 19.9 Å². The minimum atomic E-state index is -1.59. The lowest BCUT2D eigenvalue weighted by Gasteiger charge is -2.38. The zero-order valence-electron chi connectivity index (χ0n) is 13.8. The maximum absolute atomic E-state index is 13.9. The molecule has 1 aliphatic heterocycles. The maximum Gasteiger partial charge on any atom is 0.317 e. The summed E-state index contributed by atoms with van der Waals surface area (Å²) in [5.41, 5.74) is -1.89. The quantitative estimate of drug-likeness (QED) is 0.891. The van der Waals surface area contributed by atoms with Crippen molar-refractivity contribution in [1.82, 2.24) is 14.8 Å². The number of rotatable bonds is 4. The van der Waals surface area contributed by atoms with Crippen molar-refractivity contribution in [2.24, 2.45) is 0 Å².